The minimum absolute atomic E-state index is 0.454. The molecule has 0 saturated carbocycles. The molecule has 0 saturated heterocycles. The highest BCUT2D eigenvalue weighted by molar-refractivity contribution is 9.10. The van der Waals surface area contributed by atoms with Gasteiger partial charge in [-0.2, -0.15) is 0 Å². The highest BCUT2D eigenvalue weighted by atomic mass is 79.9. The SMILES string of the molecule is COc1cc(-c2nc3c(Cc4ccccc4Br)cc(OCCN(C(C)C)C(C)C)cc3[nH]2)cc(OC)c1OC. The monoisotopic (exact) mass is 595 g/mol. The zero-order valence-corrected chi connectivity index (χ0v) is 25.4. The second-order valence-corrected chi connectivity index (χ2v) is 10.9. The van der Waals surface area contributed by atoms with Gasteiger partial charge in [0.15, 0.2) is 11.5 Å². The van der Waals surface area contributed by atoms with Gasteiger partial charge in [0.2, 0.25) is 5.75 Å². The van der Waals surface area contributed by atoms with Crippen molar-refractivity contribution < 1.29 is 18.9 Å². The predicted molar refractivity (Wildman–Crippen MR) is 161 cm³/mol. The largest absolute Gasteiger partial charge is 0.493 e. The van der Waals surface area contributed by atoms with Crippen LogP contribution in [-0.2, 0) is 6.42 Å². The number of benzene rings is 3. The summed E-state index contributed by atoms with van der Waals surface area (Å²) in [5, 5.41) is 0. The lowest BCUT2D eigenvalue weighted by atomic mass is 10.0. The number of rotatable bonds is 12. The van der Waals surface area contributed by atoms with Crippen molar-refractivity contribution in [3.8, 4) is 34.4 Å². The summed E-state index contributed by atoms with van der Waals surface area (Å²) in [6.07, 6.45) is 0.707. The van der Waals surface area contributed by atoms with E-state index < -0.39 is 0 Å². The van der Waals surface area contributed by atoms with E-state index in [1.807, 2.05) is 24.3 Å². The second-order valence-electron chi connectivity index (χ2n) is 10.0. The lowest BCUT2D eigenvalue weighted by Gasteiger charge is -2.30. The number of nitrogens with zero attached hydrogens (tertiary/aromatic N) is 2. The molecule has 0 amide bonds. The standard InChI is InChI=1S/C31H38BrN3O4/c1-19(2)35(20(3)4)12-13-39-24-15-22(14-21-10-8-9-11-25(21)32)29-26(18-24)33-31(34-29)23-16-27(36-5)30(38-7)28(17-23)37-6/h8-11,15-20H,12-14H2,1-7H3,(H,33,34). The lowest BCUT2D eigenvalue weighted by molar-refractivity contribution is 0.142. The molecule has 4 aromatic rings. The van der Waals surface area contributed by atoms with Crippen LogP contribution in [0.1, 0.15) is 38.8 Å². The van der Waals surface area contributed by atoms with Gasteiger partial charge in [-0.15, -0.1) is 0 Å². The molecule has 0 bridgehead atoms. The number of nitrogens with one attached hydrogen (secondary N) is 1. The predicted octanol–water partition coefficient (Wildman–Crippen LogP) is 7.11. The van der Waals surface area contributed by atoms with Crippen LogP contribution in [0, 0.1) is 0 Å². The van der Waals surface area contributed by atoms with Crippen molar-refractivity contribution in [2.75, 3.05) is 34.5 Å². The smallest absolute Gasteiger partial charge is 0.203 e. The maximum atomic E-state index is 6.31. The molecule has 0 spiro atoms. The van der Waals surface area contributed by atoms with Crippen LogP contribution in [-0.4, -0.2) is 61.4 Å². The first-order valence-corrected chi connectivity index (χ1v) is 14.0. The van der Waals surface area contributed by atoms with Crippen molar-refractivity contribution >= 4 is 27.0 Å². The fourth-order valence-electron chi connectivity index (χ4n) is 4.96. The zero-order valence-electron chi connectivity index (χ0n) is 23.8. The molecular formula is C31H38BrN3O4. The van der Waals surface area contributed by atoms with E-state index in [-0.39, 0.29) is 0 Å². The van der Waals surface area contributed by atoms with E-state index in [1.165, 1.54) is 5.56 Å². The number of aromatic amines is 1. The number of fused-ring (bicyclic) bond motifs is 1. The Morgan fingerprint density at radius 2 is 1.54 bits per heavy atom. The first-order chi connectivity index (χ1) is 18.7. The molecule has 0 aliphatic rings. The molecule has 0 radical (unpaired) electrons. The summed E-state index contributed by atoms with van der Waals surface area (Å²) in [7, 11) is 4.82. The molecule has 4 rings (SSSR count). The average molecular weight is 597 g/mol. The summed E-state index contributed by atoms with van der Waals surface area (Å²) in [4.78, 5) is 11.0. The van der Waals surface area contributed by atoms with E-state index in [9.17, 15) is 0 Å². The number of hydrogen-bond donors (Lipinski definition) is 1. The van der Waals surface area contributed by atoms with Crippen LogP contribution < -0.4 is 18.9 Å². The number of ether oxygens (including phenoxy) is 4. The third kappa shape index (κ3) is 6.50. The van der Waals surface area contributed by atoms with Crippen LogP contribution in [0.5, 0.6) is 23.0 Å². The molecule has 3 aromatic carbocycles. The molecule has 0 atom stereocenters. The second kappa shape index (κ2) is 12.7. The molecule has 0 fully saturated rings. The zero-order chi connectivity index (χ0) is 28.1. The van der Waals surface area contributed by atoms with E-state index in [4.69, 9.17) is 23.9 Å². The van der Waals surface area contributed by atoms with E-state index in [1.54, 1.807) is 21.3 Å². The summed E-state index contributed by atoms with van der Waals surface area (Å²) >= 11 is 3.70. The van der Waals surface area contributed by atoms with Crippen LogP contribution >= 0.6 is 15.9 Å². The van der Waals surface area contributed by atoms with Crippen LogP contribution in [0.15, 0.2) is 53.0 Å². The first kappa shape index (κ1) is 28.8. The van der Waals surface area contributed by atoms with Crippen molar-refractivity contribution in [1.29, 1.82) is 0 Å². The first-order valence-electron chi connectivity index (χ1n) is 13.2. The molecule has 1 N–H and O–H groups in total. The molecule has 8 heteroatoms. The molecule has 39 heavy (non-hydrogen) atoms. The van der Waals surface area contributed by atoms with Crippen molar-refractivity contribution in [3.05, 3.63) is 64.1 Å². The Balaban J connectivity index is 1.75. The maximum Gasteiger partial charge on any atom is 0.203 e. The maximum absolute atomic E-state index is 6.31. The van der Waals surface area contributed by atoms with Gasteiger partial charge in [-0.3, -0.25) is 4.90 Å². The van der Waals surface area contributed by atoms with Gasteiger partial charge in [0.25, 0.3) is 0 Å². The Bertz CT molecular complexity index is 1380. The van der Waals surface area contributed by atoms with Gasteiger partial charge in [-0.1, -0.05) is 34.1 Å². The topological polar surface area (TPSA) is 68.8 Å². The number of imidazole rings is 1. The fourth-order valence-corrected chi connectivity index (χ4v) is 5.39. The fraction of sp³-hybridized carbons (Fsp3) is 0.387. The Morgan fingerprint density at radius 3 is 2.13 bits per heavy atom. The van der Waals surface area contributed by atoms with Gasteiger partial charge in [0.05, 0.1) is 32.4 Å². The van der Waals surface area contributed by atoms with E-state index in [2.05, 4.69) is 77.8 Å². The van der Waals surface area contributed by atoms with Gasteiger partial charge in [-0.25, -0.2) is 4.98 Å². The average Bonchev–Trinajstić information content (AvgIpc) is 3.35. The third-order valence-corrected chi connectivity index (χ3v) is 7.63. The van der Waals surface area contributed by atoms with Crippen LogP contribution in [0.4, 0.5) is 0 Å². The number of hydrogen-bond acceptors (Lipinski definition) is 6. The molecule has 0 aliphatic heterocycles. The number of aromatic nitrogens is 2. The van der Waals surface area contributed by atoms with Gasteiger partial charge in [-0.05, 0) is 63.1 Å². The Kier molecular flexibility index (Phi) is 9.40. The van der Waals surface area contributed by atoms with Crippen molar-refractivity contribution in [1.82, 2.24) is 14.9 Å². The van der Waals surface area contributed by atoms with E-state index in [0.29, 0.717) is 48.2 Å². The molecule has 0 unspecified atom stereocenters. The number of methoxy groups -OCH3 is 3. The normalized spacial score (nSPS) is 11.6. The molecule has 7 nitrogen and oxygen atoms in total. The summed E-state index contributed by atoms with van der Waals surface area (Å²) in [5.74, 6) is 3.22. The van der Waals surface area contributed by atoms with Crippen LogP contribution in [0.3, 0.4) is 0 Å². The lowest BCUT2D eigenvalue weighted by Crippen LogP contribution is -2.39. The van der Waals surface area contributed by atoms with E-state index in [0.717, 1.165) is 38.9 Å². The molecule has 0 aliphatic carbocycles. The number of H-pyrrole nitrogens is 1. The highest BCUT2D eigenvalue weighted by Gasteiger charge is 2.19. The van der Waals surface area contributed by atoms with Gasteiger partial charge < -0.3 is 23.9 Å². The summed E-state index contributed by atoms with van der Waals surface area (Å²) in [6, 6.07) is 17.1. The Hall–Kier alpha value is -3.23. The van der Waals surface area contributed by atoms with Gasteiger partial charge in [0.1, 0.15) is 18.2 Å². The summed E-state index contributed by atoms with van der Waals surface area (Å²) in [6.45, 7) is 10.3. The molecule has 1 heterocycles. The van der Waals surface area contributed by atoms with Crippen LogP contribution in [0.2, 0.25) is 0 Å². The molecule has 1 aromatic heterocycles. The van der Waals surface area contributed by atoms with Crippen molar-refractivity contribution in [2.24, 2.45) is 0 Å². The van der Waals surface area contributed by atoms with Gasteiger partial charge >= 0.3 is 0 Å². The number of halogens is 1. The molecule has 208 valence electrons. The Labute approximate surface area is 239 Å². The minimum atomic E-state index is 0.454. The molecular weight excluding hydrogens is 558 g/mol. The van der Waals surface area contributed by atoms with Crippen LogP contribution in [0.25, 0.3) is 22.4 Å². The quantitative estimate of drug-likeness (QED) is 0.188. The van der Waals surface area contributed by atoms with E-state index >= 15 is 0 Å². The van der Waals surface area contributed by atoms with Crippen molar-refractivity contribution in [3.63, 3.8) is 0 Å². The minimum Gasteiger partial charge on any atom is -0.493 e. The summed E-state index contributed by atoms with van der Waals surface area (Å²) in [5.41, 5.74) is 4.89. The summed E-state index contributed by atoms with van der Waals surface area (Å²) < 4.78 is 24.0. The Morgan fingerprint density at radius 1 is 0.872 bits per heavy atom. The van der Waals surface area contributed by atoms with Crippen molar-refractivity contribution in [2.45, 2.75) is 46.2 Å². The highest BCUT2D eigenvalue weighted by Crippen LogP contribution is 2.41. The van der Waals surface area contributed by atoms with Gasteiger partial charge in [0, 0.05) is 41.2 Å². The third-order valence-electron chi connectivity index (χ3n) is 6.86.